The van der Waals surface area contributed by atoms with Crippen molar-refractivity contribution in [1.82, 2.24) is 4.90 Å². The molecule has 1 fully saturated rings. The molecular weight excluding hydrogens is 369 g/mol. The molecule has 0 saturated carbocycles. The minimum atomic E-state index is -0.702. The maximum atomic E-state index is 14.1. The molecule has 0 radical (unpaired) electrons. The van der Waals surface area contributed by atoms with Gasteiger partial charge in [-0.15, -0.1) is 11.8 Å². The first-order chi connectivity index (χ1) is 13.0. The predicted molar refractivity (Wildman–Crippen MR) is 103 cm³/mol. The van der Waals surface area contributed by atoms with E-state index >= 15 is 0 Å². The van der Waals surface area contributed by atoms with E-state index in [2.05, 4.69) is 10.6 Å². The topological polar surface area (TPSA) is 78.5 Å². The summed E-state index contributed by atoms with van der Waals surface area (Å²) >= 11 is 1.46. The number of hydrogen-bond acceptors (Lipinski definition) is 4. The van der Waals surface area contributed by atoms with E-state index in [9.17, 15) is 18.8 Å². The lowest BCUT2D eigenvalue weighted by Crippen LogP contribution is -2.44. The van der Waals surface area contributed by atoms with Crippen LogP contribution in [-0.4, -0.2) is 40.3 Å². The van der Waals surface area contributed by atoms with Crippen LogP contribution >= 0.6 is 11.8 Å². The molecule has 0 aromatic heterocycles. The van der Waals surface area contributed by atoms with Crippen molar-refractivity contribution in [2.75, 3.05) is 22.3 Å². The van der Waals surface area contributed by atoms with E-state index in [1.165, 1.54) is 35.7 Å². The van der Waals surface area contributed by atoms with Crippen LogP contribution in [0.5, 0.6) is 0 Å². The molecule has 0 unspecified atom stereocenters. The molecule has 1 atom stereocenters. The van der Waals surface area contributed by atoms with E-state index in [1.54, 1.807) is 24.3 Å². The van der Waals surface area contributed by atoms with E-state index < -0.39 is 17.8 Å². The van der Waals surface area contributed by atoms with Crippen molar-refractivity contribution in [3.63, 3.8) is 0 Å². The van der Waals surface area contributed by atoms with Crippen LogP contribution < -0.4 is 10.6 Å². The Hall–Kier alpha value is -2.87. The molecule has 3 rings (SSSR count). The van der Waals surface area contributed by atoms with Gasteiger partial charge in [-0.2, -0.15) is 0 Å². The van der Waals surface area contributed by atoms with E-state index in [1.807, 2.05) is 6.07 Å². The van der Waals surface area contributed by atoms with Gasteiger partial charge in [0.1, 0.15) is 11.9 Å². The molecule has 8 heteroatoms. The summed E-state index contributed by atoms with van der Waals surface area (Å²) in [6.07, 6.45) is 0. The second-order valence-electron chi connectivity index (χ2n) is 6.02. The first-order valence-electron chi connectivity index (χ1n) is 8.27. The van der Waals surface area contributed by atoms with E-state index in [-0.39, 0.29) is 17.5 Å². The van der Waals surface area contributed by atoms with Gasteiger partial charge in [0, 0.05) is 23.9 Å². The number of amides is 3. The number of halogens is 1. The summed E-state index contributed by atoms with van der Waals surface area (Å²) in [5.41, 5.74) is 0.823. The molecule has 27 heavy (non-hydrogen) atoms. The van der Waals surface area contributed by atoms with Gasteiger partial charge in [-0.25, -0.2) is 4.39 Å². The summed E-state index contributed by atoms with van der Waals surface area (Å²) in [4.78, 5) is 38.0. The lowest BCUT2D eigenvalue weighted by atomic mass is 10.1. The van der Waals surface area contributed by atoms with Crippen LogP contribution in [0.4, 0.5) is 15.8 Å². The van der Waals surface area contributed by atoms with Gasteiger partial charge in [0.2, 0.25) is 11.8 Å². The Morgan fingerprint density at radius 2 is 1.85 bits per heavy atom. The van der Waals surface area contributed by atoms with Crippen LogP contribution in [0.15, 0.2) is 48.5 Å². The van der Waals surface area contributed by atoms with Crippen molar-refractivity contribution in [2.24, 2.45) is 0 Å². The zero-order valence-electron chi connectivity index (χ0n) is 14.6. The molecule has 1 saturated heterocycles. The average Bonchev–Trinajstić information content (AvgIpc) is 3.14. The van der Waals surface area contributed by atoms with Crippen molar-refractivity contribution < 1.29 is 18.8 Å². The highest BCUT2D eigenvalue weighted by Crippen LogP contribution is 2.26. The standard InChI is InChI=1S/C19H18FN3O3S/c1-12(24)21-14-7-8-15(20)16(9-14)22-18(25)17-10-27-11-23(17)19(26)13-5-3-2-4-6-13/h2-9,17H,10-11H2,1H3,(H,21,24)(H,22,25)/t17-/m0/s1. The van der Waals surface area contributed by atoms with Crippen LogP contribution in [0.1, 0.15) is 17.3 Å². The van der Waals surface area contributed by atoms with Gasteiger partial charge in [-0.1, -0.05) is 18.2 Å². The number of hydrogen-bond donors (Lipinski definition) is 2. The fourth-order valence-corrected chi connectivity index (χ4v) is 3.88. The monoisotopic (exact) mass is 387 g/mol. The molecule has 0 bridgehead atoms. The quantitative estimate of drug-likeness (QED) is 0.846. The zero-order valence-corrected chi connectivity index (χ0v) is 15.4. The number of nitrogens with one attached hydrogen (secondary N) is 2. The summed E-state index contributed by atoms with van der Waals surface area (Å²) in [6, 6.07) is 11.9. The molecule has 1 heterocycles. The van der Waals surface area contributed by atoms with Crippen LogP contribution in [0.3, 0.4) is 0 Å². The highest BCUT2D eigenvalue weighted by atomic mass is 32.2. The number of benzene rings is 2. The fraction of sp³-hybridized carbons (Fsp3) is 0.211. The molecule has 140 valence electrons. The smallest absolute Gasteiger partial charge is 0.255 e. The molecule has 3 amide bonds. The normalized spacial score (nSPS) is 16.1. The molecule has 2 aromatic rings. The molecule has 0 spiro atoms. The van der Waals surface area contributed by atoms with Crippen LogP contribution in [0.25, 0.3) is 0 Å². The Bertz CT molecular complexity index is 876. The maximum absolute atomic E-state index is 14.1. The SMILES string of the molecule is CC(=O)Nc1ccc(F)c(NC(=O)[C@@H]2CSCN2C(=O)c2ccccc2)c1. The minimum Gasteiger partial charge on any atom is -0.326 e. The van der Waals surface area contributed by atoms with Crippen LogP contribution in [-0.2, 0) is 9.59 Å². The van der Waals surface area contributed by atoms with E-state index in [0.29, 0.717) is 22.9 Å². The minimum absolute atomic E-state index is 0.0461. The van der Waals surface area contributed by atoms with Gasteiger partial charge in [0.05, 0.1) is 11.6 Å². The van der Waals surface area contributed by atoms with E-state index in [0.717, 1.165) is 6.07 Å². The Morgan fingerprint density at radius 3 is 2.56 bits per heavy atom. The Balaban J connectivity index is 1.75. The van der Waals surface area contributed by atoms with Crippen LogP contribution in [0.2, 0.25) is 0 Å². The summed E-state index contributed by atoms with van der Waals surface area (Å²) in [5.74, 6) is -0.816. The lowest BCUT2D eigenvalue weighted by molar-refractivity contribution is -0.119. The van der Waals surface area contributed by atoms with Gasteiger partial charge >= 0.3 is 0 Å². The van der Waals surface area contributed by atoms with E-state index in [4.69, 9.17) is 0 Å². The predicted octanol–water partition coefficient (Wildman–Crippen LogP) is 2.94. The lowest BCUT2D eigenvalue weighted by Gasteiger charge is -2.23. The van der Waals surface area contributed by atoms with Crippen LogP contribution in [0, 0.1) is 5.82 Å². The number of carbonyl (C=O) groups excluding carboxylic acids is 3. The van der Waals surface area contributed by atoms with Crippen molar-refractivity contribution >= 4 is 40.9 Å². The molecule has 1 aliphatic rings. The van der Waals surface area contributed by atoms with Gasteiger partial charge in [0.15, 0.2) is 0 Å². The summed E-state index contributed by atoms with van der Waals surface area (Å²) in [7, 11) is 0. The second-order valence-corrected chi connectivity index (χ2v) is 7.02. The van der Waals surface area contributed by atoms with Crippen molar-refractivity contribution in [1.29, 1.82) is 0 Å². The second kappa shape index (κ2) is 8.22. The molecule has 2 N–H and O–H groups in total. The highest BCUT2D eigenvalue weighted by molar-refractivity contribution is 7.99. The molecule has 0 aliphatic carbocycles. The third-order valence-corrected chi connectivity index (χ3v) is 5.02. The maximum Gasteiger partial charge on any atom is 0.255 e. The van der Waals surface area contributed by atoms with Gasteiger partial charge in [0.25, 0.3) is 5.91 Å². The average molecular weight is 387 g/mol. The van der Waals surface area contributed by atoms with Crippen molar-refractivity contribution in [3.8, 4) is 0 Å². The summed E-state index contributed by atoms with van der Waals surface area (Å²) in [5, 5.41) is 5.07. The largest absolute Gasteiger partial charge is 0.326 e. The Labute approximate surface area is 160 Å². The summed E-state index contributed by atoms with van der Waals surface area (Å²) < 4.78 is 14.1. The number of thioether (sulfide) groups is 1. The Kier molecular flexibility index (Phi) is 5.75. The number of anilines is 2. The molecule has 1 aliphatic heterocycles. The fourth-order valence-electron chi connectivity index (χ4n) is 2.72. The first kappa shape index (κ1) is 18.9. The number of rotatable bonds is 4. The zero-order chi connectivity index (χ0) is 19.4. The van der Waals surface area contributed by atoms with Gasteiger partial charge in [-0.3, -0.25) is 14.4 Å². The van der Waals surface area contributed by atoms with Crippen molar-refractivity contribution in [3.05, 3.63) is 59.9 Å². The molecule has 6 nitrogen and oxygen atoms in total. The van der Waals surface area contributed by atoms with Gasteiger partial charge < -0.3 is 15.5 Å². The third-order valence-electron chi connectivity index (χ3n) is 4.01. The highest BCUT2D eigenvalue weighted by Gasteiger charge is 2.35. The number of nitrogens with zero attached hydrogens (tertiary/aromatic N) is 1. The summed E-state index contributed by atoms with van der Waals surface area (Å²) in [6.45, 7) is 1.34. The molecular formula is C19H18FN3O3S. The third kappa shape index (κ3) is 4.46. The van der Waals surface area contributed by atoms with Crippen molar-refractivity contribution in [2.45, 2.75) is 13.0 Å². The van der Waals surface area contributed by atoms with Gasteiger partial charge in [-0.05, 0) is 30.3 Å². The Morgan fingerprint density at radius 1 is 1.11 bits per heavy atom. The first-order valence-corrected chi connectivity index (χ1v) is 9.43. The number of carbonyl (C=O) groups is 3. The molecule has 2 aromatic carbocycles.